The second-order valence-electron chi connectivity index (χ2n) is 6.45. The lowest BCUT2D eigenvalue weighted by Crippen LogP contribution is -2.55. The summed E-state index contributed by atoms with van der Waals surface area (Å²) < 4.78 is 23.9. The fraction of sp³-hybridized carbons (Fsp3) is 1.00. The first-order valence-electron chi connectivity index (χ1n) is 7.43. The molecular weight excluding hydrogens is 244 g/mol. The zero-order valence-electron chi connectivity index (χ0n) is 13.0. The summed E-state index contributed by atoms with van der Waals surface area (Å²) in [6, 6.07) is 0. The van der Waals surface area contributed by atoms with E-state index in [1.54, 1.807) is 7.11 Å². The maximum Gasteiger partial charge on any atom is 0.163 e. The Morgan fingerprint density at radius 3 is 2.32 bits per heavy atom. The Balaban J connectivity index is 2.24. The summed E-state index contributed by atoms with van der Waals surface area (Å²) in [6.45, 7) is 10.5. The highest BCUT2D eigenvalue weighted by Crippen LogP contribution is 2.43. The first kappa shape index (κ1) is 15.2. The number of hydrogen-bond donors (Lipinski definition) is 0. The van der Waals surface area contributed by atoms with Crippen molar-refractivity contribution >= 4 is 0 Å². The molecule has 4 heteroatoms. The predicted octanol–water partition coefficient (Wildman–Crippen LogP) is 2.95. The molecule has 0 N–H and O–H groups in total. The Bertz CT molecular complexity index is 303. The van der Waals surface area contributed by atoms with E-state index in [1.165, 1.54) is 0 Å². The zero-order chi connectivity index (χ0) is 14.2. The lowest BCUT2D eigenvalue weighted by atomic mass is 9.82. The zero-order valence-corrected chi connectivity index (χ0v) is 13.0. The van der Waals surface area contributed by atoms with E-state index in [4.69, 9.17) is 18.9 Å². The van der Waals surface area contributed by atoms with Crippen molar-refractivity contribution in [3.63, 3.8) is 0 Å². The van der Waals surface area contributed by atoms with E-state index >= 15 is 0 Å². The van der Waals surface area contributed by atoms with Crippen LogP contribution in [-0.2, 0) is 18.9 Å². The van der Waals surface area contributed by atoms with Crippen LogP contribution < -0.4 is 0 Å². The number of rotatable bonds is 4. The third-order valence-electron chi connectivity index (χ3n) is 4.11. The Hall–Kier alpha value is -0.160. The van der Waals surface area contributed by atoms with Crippen molar-refractivity contribution < 1.29 is 18.9 Å². The third kappa shape index (κ3) is 2.97. The van der Waals surface area contributed by atoms with E-state index in [0.717, 1.165) is 12.8 Å². The first-order chi connectivity index (χ1) is 8.89. The Morgan fingerprint density at radius 2 is 1.79 bits per heavy atom. The Morgan fingerprint density at radius 1 is 1.16 bits per heavy atom. The number of fused-ring (bicyclic) bond motifs is 1. The van der Waals surface area contributed by atoms with Gasteiger partial charge in [0.25, 0.3) is 0 Å². The highest BCUT2D eigenvalue weighted by atomic mass is 16.8. The molecule has 0 amide bonds. The smallest absolute Gasteiger partial charge is 0.163 e. The van der Waals surface area contributed by atoms with Gasteiger partial charge in [-0.05, 0) is 26.2 Å². The molecule has 2 heterocycles. The molecule has 0 bridgehead atoms. The molecule has 0 aliphatic carbocycles. The maximum absolute atomic E-state index is 6.15. The van der Waals surface area contributed by atoms with E-state index in [0.29, 0.717) is 5.92 Å². The molecular formula is C15H28O4. The molecule has 4 nitrogen and oxygen atoms in total. The third-order valence-corrected chi connectivity index (χ3v) is 4.11. The van der Waals surface area contributed by atoms with Gasteiger partial charge in [0.05, 0.1) is 12.2 Å². The average molecular weight is 272 g/mol. The van der Waals surface area contributed by atoms with Crippen molar-refractivity contribution in [2.45, 2.75) is 77.8 Å². The molecule has 112 valence electrons. The SMILES string of the molecule is CCCC1OC(OC)C(C(C)C)C2OC(C)(C)OC12. The van der Waals surface area contributed by atoms with Crippen LogP contribution in [0.4, 0.5) is 0 Å². The highest BCUT2D eigenvalue weighted by molar-refractivity contribution is 4.97. The van der Waals surface area contributed by atoms with E-state index in [1.807, 2.05) is 13.8 Å². The molecule has 0 radical (unpaired) electrons. The molecule has 0 aromatic rings. The molecule has 5 atom stereocenters. The molecule has 19 heavy (non-hydrogen) atoms. The summed E-state index contributed by atoms with van der Waals surface area (Å²) in [5.74, 6) is 0.114. The second kappa shape index (κ2) is 5.68. The minimum atomic E-state index is -0.527. The van der Waals surface area contributed by atoms with Gasteiger partial charge in [-0.25, -0.2) is 0 Å². The molecule has 2 aliphatic heterocycles. The van der Waals surface area contributed by atoms with Crippen LogP contribution in [0, 0.1) is 11.8 Å². The fourth-order valence-electron chi connectivity index (χ4n) is 3.32. The summed E-state index contributed by atoms with van der Waals surface area (Å²) >= 11 is 0. The van der Waals surface area contributed by atoms with Gasteiger partial charge < -0.3 is 18.9 Å². The normalized spacial score (nSPS) is 41.5. The van der Waals surface area contributed by atoms with E-state index in [-0.39, 0.29) is 30.5 Å². The van der Waals surface area contributed by atoms with Crippen molar-refractivity contribution in [3.05, 3.63) is 0 Å². The molecule has 2 saturated heterocycles. The quantitative estimate of drug-likeness (QED) is 0.788. The molecule has 0 aromatic carbocycles. The van der Waals surface area contributed by atoms with Crippen molar-refractivity contribution in [1.29, 1.82) is 0 Å². The lowest BCUT2D eigenvalue weighted by molar-refractivity contribution is -0.259. The largest absolute Gasteiger partial charge is 0.355 e. The van der Waals surface area contributed by atoms with E-state index in [2.05, 4.69) is 20.8 Å². The average Bonchev–Trinajstić information content (AvgIpc) is 2.63. The molecule has 2 fully saturated rings. The summed E-state index contributed by atoms with van der Waals surface area (Å²) in [5, 5.41) is 0. The molecule has 5 unspecified atom stereocenters. The number of ether oxygens (including phenoxy) is 4. The molecule has 2 rings (SSSR count). The lowest BCUT2D eigenvalue weighted by Gasteiger charge is -2.43. The maximum atomic E-state index is 6.15. The molecule has 0 saturated carbocycles. The summed E-state index contributed by atoms with van der Waals surface area (Å²) in [6.07, 6.45) is 2.00. The molecule has 0 spiro atoms. The van der Waals surface area contributed by atoms with Crippen LogP contribution in [-0.4, -0.2) is 37.5 Å². The minimum absolute atomic E-state index is 0.0220. The van der Waals surface area contributed by atoms with Gasteiger partial charge in [-0.3, -0.25) is 0 Å². The topological polar surface area (TPSA) is 36.9 Å². The van der Waals surface area contributed by atoms with Crippen molar-refractivity contribution in [1.82, 2.24) is 0 Å². The van der Waals surface area contributed by atoms with Crippen LogP contribution in [0.2, 0.25) is 0 Å². The highest BCUT2D eigenvalue weighted by Gasteiger charge is 2.55. The van der Waals surface area contributed by atoms with Crippen LogP contribution in [0.1, 0.15) is 47.5 Å². The van der Waals surface area contributed by atoms with Gasteiger partial charge in [0.1, 0.15) is 6.10 Å². The summed E-state index contributed by atoms with van der Waals surface area (Å²) in [4.78, 5) is 0. The van der Waals surface area contributed by atoms with Crippen molar-refractivity contribution in [2.24, 2.45) is 11.8 Å². The van der Waals surface area contributed by atoms with Crippen LogP contribution in [0.5, 0.6) is 0 Å². The predicted molar refractivity (Wildman–Crippen MR) is 72.7 cm³/mol. The second-order valence-corrected chi connectivity index (χ2v) is 6.45. The summed E-state index contributed by atoms with van der Waals surface area (Å²) in [7, 11) is 1.71. The van der Waals surface area contributed by atoms with Gasteiger partial charge in [0.2, 0.25) is 0 Å². The van der Waals surface area contributed by atoms with Crippen LogP contribution in [0.3, 0.4) is 0 Å². The minimum Gasteiger partial charge on any atom is -0.355 e. The van der Waals surface area contributed by atoms with Crippen LogP contribution in [0.15, 0.2) is 0 Å². The van der Waals surface area contributed by atoms with E-state index in [9.17, 15) is 0 Å². The van der Waals surface area contributed by atoms with Gasteiger partial charge in [-0.2, -0.15) is 0 Å². The van der Waals surface area contributed by atoms with Gasteiger partial charge in [-0.1, -0.05) is 27.2 Å². The van der Waals surface area contributed by atoms with E-state index < -0.39 is 5.79 Å². The van der Waals surface area contributed by atoms with Crippen molar-refractivity contribution in [2.75, 3.05) is 7.11 Å². The first-order valence-corrected chi connectivity index (χ1v) is 7.43. The fourth-order valence-corrected chi connectivity index (χ4v) is 3.32. The van der Waals surface area contributed by atoms with Gasteiger partial charge in [-0.15, -0.1) is 0 Å². The van der Waals surface area contributed by atoms with Crippen LogP contribution >= 0.6 is 0 Å². The Labute approximate surface area is 116 Å². The standard InChI is InChI=1S/C15H28O4/c1-7-8-10-12-13(19-15(4,5)18-12)11(9(2)3)14(16-6)17-10/h9-14H,7-8H2,1-6H3. The van der Waals surface area contributed by atoms with Crippen LogP contribution in [0.25, 0.3) is 0 Å². The van der Waals surface area contributed by atoms with Gasteiger partial charge in [0, 0.05) is 13.0 Å². The molecule has 2 aliphatic rings. The van der Waals surface area contributed by atoms with Gasteiger partial charge >= 0.3 is 0 Å². The molecule has 0 aromatic heterocycles. The number of methoxy groups -OCH3 is 1. The monoisotopic (exact) mass is 272 g/mol. The number of hydrogen-bond acceptors (Lipinski definition) is 4. The van der Waals surface area contributed by atoms with Gasteiger partial charge in [0.15, 0.2) is 12.1 Å². The Kier molecular flexibility index (Phi) is 4.56. The van der Waals surface area contributed by atoms with Crippen molar-refractivity contribution in [3.8, 4) is 0 Å². The summed E-state index contributed by atoms with van der Waals surface area (Å²) in [5.41, 5.74) is 0.